The van der Waals surface area contributed by atoms with Crippen molar-refractivity contribution in [1.82, 2.24) is 4.98 Å². The lowest BCUT2D eigenvalue weighted by Crippen LogP contribution is -2.67. The Labute approximate surface area is 258 Å². The minimum absolute atomic E-state index is 0.0368. The topological polar surface area (TPSA) is 70.4 Å². The van der Waals surface area contributed by atoms with Gasteiger partial charge in [0.15, 0.2) is 10.1 Å². The maximum absolute atomic E-state index is 14.7. The summed E-state index contributed by atoms with van der Waals surface area (Å²) in [5.41, 5.74) is 0.523. The number of allylic oxidation sites excluding steroid dienone is 4. The molecule has 7 aliphatic carbocycles. The normalized spacial score (nSPS) is 44.5. The minimum atomic E-state index is -0.803. The first-order valence-corrected chi connectivity index (χ1v) is 18.3. The molecule has 0 saturated heterocycles. The number of nitrogens with zero attached hydrogens (tertiary/aromatic N) is 1. The van der Waals surface area contributed by atoms with Crippen molar-refractivity contribution in [1.29, 1.82) is 0 Å². The van der Waals surface area contributed by atoms with Gasteiger partial charge >= 0.3 is 0 Å². The number of Topliss-reactive ketones (excluding diaryl/α,β-unsaturated/α-hetero) is 1. The second-order valence-corrected chi connectivity index (χ2v) is 17.5. The van der Waals surface area contributed by atoms with Crippen molar-refractivity contribution >= 4 is 39.1 Å². The highest BCUT2D eigenvalue weighted by Crippen LogP contribution is 2.78. The fraction of sp³-hybridized carbons (Fsp3) is 0.667. The summed E-state index contributed by atoms with van der Waals surface area (Å²) in [5.74, 6) is 1.79. The maximum atomic E-state index is 14.7. The fourth-order valence-corrected chi connectivity index (χ4v) is 13.7. The number of carbonyl (C=O) groups is 1. The molecule has 4 saturated carbocycles. The highest BCUT2D eigenvalue weighted by molar-refractivity contribution is 8.01. The second-order valence-electron chi connectivity index (χ2n) is 15.2. The third-order valence-electron chi connectivity index (χ3n) is 13.7. The largest absolute Gasteiger partial charge is 0.393 e. The summed E-state index contributed by atoms with van der Waals surface area (Å²) in [4.78, 5) is 19.5. The predicted molar refractivity (Wildman–Crippen MR) is 170 cm³/mol. The third-order valence-corrected chi connectivity index (χ3v) is 16.1. The van der Waals surface area contributed by atoms with Gasteiger partial charge in [0.2, 0.25) is 0 Å². The molecule has 2 bridgehead atoms. The number of carbonyl (C=O) groups excluding carboxylic acids is 1. The van der Waals surface area contributed by atoms with Crippen molar-refractivity contribution in [3.05, 3.63) is 48.1 Å². The van der Waals surface area contributed by atoms with Crippen molar-refractivity contribution in [2.45, 2.75) is 107 Å². The summed E-state index contributed by atoms with van der Waals surface area (Å²) in [6, 6.07) is 8.29. The maximum Gasteiger partial charge on any atom is 0.162 e. The van der Waals surface area contributed by atoms with Gasteiger partial charge in [-0.3, -0.25) is 4.79 Å². The van der Waals surface area contributed by atoms with Gasteiger partial charge in [-0.25, -0.2) is 4.98 Å². The second kappa shape index (κ2) is 9.52. The van der Waals surface area contributed by atoms with Crippen LogP contribution in [0.1, 0.15) is 90.9 Å². The number of ketones is 1. The van der Waals surface area contributed by atoms with Crippen LogP contribution in [-0.4, -0.2) is 38.4 Å². The standard InChI is InChI=1S/C36H45NO3S2/c1-32-15-12-24(38)20-34(32)18-19-36(25(21-34)30(39)23-8-4-3-5-9-23)28(32)13-16-33(2)29(36)14-17-35(33,40)22-41-31-37-26-10-6-7-11-27(26)42-31/h6-7,10-11,18-19,21,23-24,28-29,38,40H,3-5,8-9,12-17,20,22H2,1-2H3. The van der Waals surface area contributed by atoms with E-state index in [1.165, 1.54) is 11.1 Å². The van der Waals surface area contributed by atoms with Crippen LogP contribution < -0.4 is 0 Å². The monoisotopic (exact) mass is 603 g/mol. The Kier molecular flexibility index (Phi) is 6.35. The molecule has 6 heteroatoms. The van der Waals surface area contributed by atoms with Crippen LogP contribution in [0.5, 0.6) is 0 Å². The van der Waals surface area contributed by atoms with E-state index >= 15 is 0 Å². The first-order valence-electron chi connectivity index (χ1n) is 16.5. The van der Waals surface area contributed by atoms with Gasteiger partial charge in [-0.1, -0.05) is 75.2 Å². The number of hydrogen-bond acceptors (Lipinski definition) is 6. The number of aliphatic hydroxyl groups excluding tert-OH is 1. The first kappa shape index (κ1) is 28.0. The SMILES string of the molecule is CC12CCC(O)CC13C=CC1(C(C(=O)C4CCCCC4)=C3)C2CCC2(C)C1CCC2(O)CSc1nc2ccccc2s1. The van der Waals surface area contributed by atoms with E-state index in [0.717, 1.165) is 86.1 Å². The van der Waals surface area contributed by atoms with Crippen LogP contribution in [0.4, 0.5) is 0 Å². The van der Waals surface area contributed by atoms with Crippen LogP contribution >= 0.6 is 23.1 Å². The van der Waals surface area contributed by atoms with E-state index in [2.05, 4.69) is 50.3 Å². The molecule has 1 heterocycles. The summed E-state index contributed by atoms with van der Waals surface area (Å²) in [6.07, 6.45) is 18.9. The van der Waals surface area contributed by atoms with Crippen LogP contribution in [0.2, 0.25) is 0 Å². The molecule has 224 valence electrons. The molecule has 1 aromatic carbocycles. The molecule has 8 unspecified atom stereocenters. The number of para-hydroxylation sites is 1. The summed E-state index contributed by atoms with van der Waals surface area (Å²) in [7, 11) is 0. The molecule has 2 spiro atoms. The molecule has 42 heavy (non-hydrogen) atoms. The average Bonchev–Trinajstić information content (AvgIpc) is 3.54. The van der Waals surface area contributed by atoms with E-state index in [4.69, 9.17) is 4.98 Å². The van der Waals surface area contributed by atoms with E-state index < -0.39 is 5.60 Å². The fourth-order valence-electron chi connectivity index (χ4n) is 11.3. The summed E-state index contributed by atoms with van der Waals surface area (Å²) >= 11 is 3.44. The Bertz CT molecular complexity index is 1460. The van der Waals surface area contributed by atoms with Crippen LogP contribution in [-0.2, 0) is 4.79 Å². The first-order chi connectivity index (χ1) is 20.1. The number of rotatable bonds is 5. The van der Waals surface area contributed by atoms with Gasteiger partial charge in [-0.2, -0.15) is 0 Å². The Balaban J connectivity index is 1.18. The molecule has 2 N–H and O–H groups in total. The molecule has 0 amide bonds. The Morgan fingerprint density at radius 1 is 0.976 bits per heavy atom. The molecule has 0 aliphatic heterocycles. The number of hydrogen-bond donors (Lipinski definition) is 2. The lowest BCUT2D eigenvalue weighted by atomic mass is 9.32. The Morgan fingerprint density at radius 2 is 1.71 bits per heavy atom. The molecule has 8 atom stereocenters. The number of aliphatic hydroxyl groups is 2. The van der Waals surface area contributed by atoms with E-state index in [-0.39, 0.29) is 39.6 Å². The molecular weight excluding hydrogens is 559 g/mol. The number of aromatic nitrogens is 1. The zero-order chi connectivity index (χ0) is 29.0. The quantitative estimate of drug-likeness (QED) is 0.267. The molecule has 4 nitrogen and oxygen atoms in total. The van der Waals surface area contributed by atoms with Crippen molar-refractivity contribution in [3.8, 4) is 0 Å². The van der Waals surface area contributed by atoms with E-state index in [0.29, 0.717) is 17.5 Å². The summed E-state index contributed by atoms with van der Waals surface area (Å²) < 4.78 is 2.23. The number of thiazole rings is 1. The molecule has 9 rings (SSSR count). The highest BCUT2D eigenvalue weighted by atomic mass is 32.2. The van der Waals surface area contributed by atoms with Gasteiger partial charge in [0.05, 0.1) is 21.9 Å². The average molecular weight is 604 g/mol. The molecular formula is C36H45NO3S2. The van der Waals surface area contributed by atoms with Gasteiger partial charge < -0.3 is 10.2 Å². The van der Waals surface area contributed by atoms with Crippen LogP contribution in [0.3, 0.4) is 0 Å². The van der Waals surface area contributed by atoms with Gasteiger partial charge in [0.1, 0.15) is 0 Å². The minimum Gasteiger partial charge on any atom is -0.393 e. The lowest BCUT2D eigenvalue weighted by molar-refractivity contribution is -0.171. The smallest absolute Gasteiger partial charge is 0.162 e. The van der Waals surface area contributed by atoms with Crippen molar-refractivity contribution < 1.29 is 15.0 Å². The zero-order valence-corrected chi connectivity index (χ0v) is 26.7. The predicted octanol–water partition coefficient (Wildman–Crippen LogP) is 8.13. The van der Waals surface area contributed by atoms with Gasteiger partial charge in [-0.05, 0) is 87.2 Å². The highest BCUT2D eigenvalue weighted by Gasteiger charge is 2.74. The third kappa shape index (κ3) is 3.61. The number of fused-ring (bicyclic) bond motifs is 2. The van der Waals surface area contributed by atoms with Gasteiger partial charge in [0, 0.05) is 33.5 Å². The Hall–Kier alpha value is -1.47. The summed E-state index contributed by atoms with van der Waals surface area (Å²) in [5, 5.41) is 23.5. The molecule has 1 aromatic heterocycles. The van der Waals surface area contributed by atoms with Crippen molar-refractivity contribution in [3.63, 3.8) is 0 Å². The van der Waals surface area contributed by atoms with E-state index in [1.807, 2.05) is 6.07 Å². The molecule has 0 radical (unpaired) electrons. The van der Waals surface area contributed by atoms with E-state index in [9.17, 15) is 15.0 Å². The van der Waals surface area contributed by atoms with Gasteiger partial charge in [-0.15, -0.1) is 11.3 Å². The van der Waals surface area contributed by atoms with Gasteiger partial charge in [0.25, 0.3) is 0 Å². The zero-order valence-electron chi connectivity index (χ0n) is 25.1. The number of thioether (sulfide) groups is 1. The van der Waals surface area contributed by atoms with E-state index in [1.54, 1.807) is 23.1 Å². The van der Waals surface area contributed by atoms with Crippen LogP contribution in [0.25, 0.3) is 10.2 Å². The lowest BCUT2D eigenvalue weighted by Gasteiger charge is -2.71. The van der Waals surface area contributed by atoms with Crippen molar-refractivity contribution in [2.24, 2.45) is 39.4 Å². The van der Waals surface area contributed by atoms with Crippen LogP contribution in [0.15, 0.2) is 52.4 Å². The van der Waals surface area contributed by atoms with Crippen LogP contribution in [0, 0.1) is 39.4 Å². The van der Waals surface area contributed by atoms with Crippen molar-refractivity contribution in [2.75, 3.05) is 5.75 Å². The molecule has 7 aliphatic rings. The summed E-state index contributed by atoms with van der Waals surface area (Å²) in [6.45, 7) is 4.83. The Morgan fingerprint density at radius 3 is 2.52 bits per heavy atom. The molecule has 4 fully saturated rings. The molecule has 2 aromatic rings. The number of benzene rings is 1.